The zero-order valence-corrected chi connectivity index (χ0v) is 32.5. The Morgan fingerprint density at radius 2 is 1.64 bits per heavy atom. The van der Waals surface area contributed by atoms with Gasteiger partial charge in [0.1, 0.15) is 17.9 Å². The van der Waals surface area contributed by atoms with Crippen molar-refractivity contribution < 1.29 is 28.7 Å². The van der Waals surface area contributed by atoms with Crippen LogP contribution in [0.5, 0.6) is 5.75 Å². The molecule has 16 nitrogen and oxygen atoms in total. The number of aromatic nitrogens is 3. The summed E-state index contributed by atoms with van der Waals surface area (Å²) in [4.78, 5) is 85.0. The molecule has 4 aliphatic heterocycles. The third-order valence-electron chi connectivity index (χ3n) is 12.3. The minimum Gasteiger partial charge on any atom is -0.490 e. The summed E-state index contributed by atoms with van der Waals surface area (Å²) in [5.41, 5.74) is 3.02. The van der Waals surface area contributed by atoms with Crippen LogP contribution in [0.1, 0.15) is 81.6 Å². The molecular formula is C43H44N10O6. The van der Waals surface area contributed by atoms with Crippen molar-refractivity contribution in [3.63, 3.8) is 0 Å². The van der Waals surface area contributed by atoms with Crippen molar-refractivity contribution in [1.29, 1.82) is 5.26 Å². The summed E-state index contributed by atoms with van der Waals surface area (Å²) in [6, 6.07) is 13.9. The van der Waals surface area contributed by atoms with Crippen LogP contribution < -0.4 is 25.2 Å². The number of hydrogen-bond acceptors (Lipinski definition) is 13. The van der Waals surface area contributed by atoms with Gasteiger partial charge in [0, 0.05) is 87.9 Å². The number of imide groups is 2. The third-order valence-corrected chi connectivity index (χ3v) is 12.3. The van der Waals surface area contributed by atoms with Gasteiger partial charge < -0.3 is 19.9 Å². The van der Waals surface area contributed by atoms with Gasteiger partial charge in [0.25, 0.3) is 17.7 Å². The summed E-state index contributed by atoms with van der Waals surface area (Å²) in [6.07, 6.45) is 9.29. The minimum absolute atomic E-state index is 0.0107. The number of hydrogen-bond donors (Lipinski definition) is 2. The zero-order valence-electron chi connectivity index (χ0n) is 32.5. The second kappa shape index (κ2) is 16.1. The lowest BCUT2D eigenvalue weighted by atomic mass is 9.92. The Bertz CT molecular complexity index is 2370. The van der Waals surface area contributed by atoms with Crippen LogP contribution in [0.4, 0.5) is 11.6 Å². The van der Waals surface area contributed by atoms with E-state index in [4.69, 9.17) is 4.74 Å². The van der Waals surface area contributed by atoms with E-state index in [9.17, 15) is 29.2 Å². The van der Waals surface area contributed by atoms with Crippen LogP contribution in [-0.4, -0.2) is 118 Å². The molecule has 5 aliphatic rings. The van der Waals surface area contributed by atoms with E-state index in [1.165, 1.54) is 0 Å². The molecule has 0 spiro atoms. The van der Waals surface area contributed by atoms with Crippen molar-refractivity contribution in [2.75, 3.05) is 55.6 Å². The Balaban J connectivity index is 0.716. The largest absolute Gasteiger partial charge is 0.490 e. The number of fused-ring (bicyclic) bond motifs is 2. The number of piperidine rings is 1. The second-order valence-corrected chi connectivity index (χ2v) is 16.0. The maximum absolute atomic E-state index is 13.3. The SMILES string of the molecule is N#Cc1ccc(OC2CCC(NC(=O)c3cnc(N4CC[C@H](CN5CCN(c6ccc7c(c6)C(=O)N(C6CCC(=O)NC6=O)C7=O)CC5)C4)nc3)CC2)c2cccnc12. The average molecular weight is 797 g/mol. The van der Waals surface area contributed by atoms with Crippen LogP contribution in [0.3, 0.4) is 0 Å². The van der Waals surface area contributed by atoms with E-state index in [-0.39, 0.29) is 36.5 Å². The highest BCUT2D eigenvalue weighted by molar-refractivity contribution is 6.23. The number of amides is 5. The predicted octanol–water partition coefficient (Wildman–Crippen LogP) is 3.07. The van der Waals surface area contributed by atoms with E-state index >= 15 is 0 Å². The third kappa shape index (κ3) is 7.65. The van der Waals surface area contributed by atoms with Crippen LogP contribution in [0.25, 0.3) is 10.9 Å². The molecule has 1 unspecified atom stereocenters. The molecule has 9 rings (SSSR count). The van der Waals surface area contributed by atoms with E-state index in [0.717, 1.165) is 99.6 Å². The minimum atomic E-state index is -0.983. The van der Waals surface area contributed by atoms with Crippen molar-refractivity contribution in [2.45, 2.75) is 63.1 Å². The highest BCUT2D eigenvalue weighted by Crippen LogP contribution is 2.33. The molecule has 1 aliphatic carbocycles. The summed E-state index contributed by atoms with van der Waals surface area (Å²) in [6.45, 7) is 5.85. The van der Waals surface area contributed by atoms with Crippen LogP contribution in [0.2, 0.25) is 0 Å². The number of nitrogens with one attached hydrogen (secondary N) is 2. The lowest BCUT2D eigenvalue weighted by Crippen LogP contribution is -2.54. The van der Waals surface area contributed by atoms with Gasteiger partial charge in [0.2, 0.25) is 17.8 Å². The molecule has 2 atom stereocenters. The lowest BCUT2D eigenvalue weighted by Gasteiger charge is -2.37. The molecule has 2 N–H and O–H groups in total. The standard InChI is InChI=1S/C43H44N10O6/c44-21-27-3-11-36(33-2-1-14-45-38(27)33)59-31-7-4-29(5-8-31)48-39(55)28-22-46-43(47-23-28)52-15-13-26(25-52)24-50-16-18-51(19-17-50)30-6-9-32-34(20-30)42(58)53(41(32)57)35-10-12-37(54)49-40(35)56/h1-3,6,9,11,14,20,22-23,26,29,31,35H,4-5,7-8,10,12-13,15-19,24-25H2,(H,48,55)(H,49,54,56)/t26-,29?,31?,35?/m1/s1. The van der Waals surface area contributed by atoms with Crippen molar-refractivity contribution in [1.82, 2.24) is 35.4 Å². The predicted molar refractivity (Wildman–Crippen MR) is 215 cm³/mol. The van der Waals surface area contributed by atoms with Crippen LogP contribution in [0, 0.1) is 17.2 Å². The van der Waals surface area contributed by atoms with Gasteiger partial charge >= 0.3 is 0 Å². The van der Waals surface area contributed by atoms with E-state index in [1.807, 2.05) is 24.3 Å². The number of anilines is 2. The zero-order chi connectivity index (χ0) is 40.6. The molecule has 3 saturated heterocycles. The average Bonchev–Trinajstić information content (AvgIpc) is 3.83. The van der Waals surface area contributed by atoms with Crippen molar-refractivity contribution in [2.24, 2.45) is 5.92 Å². The number of nitriles is 1. The first-order valence-corrected chi connectivity index (χ1v) is 20.4. The quantitative estimate of drug-likeness (QED) is 0.235. The number of pyridine rings is 1. The van der Waals surface area contributed by atoms with Gasteiger partial charge in [-0.05, 0) is 86.9 Å². The molecule has 16 heteroatoms. The van der Waals surface area contributed by atoms with Crippen LogP contribution >= 0.6 is 0 Å². The maximum atomic E-state index is 13.3. The summed E-state index contributed by atoms with van der Waals surface area (Å²) in [5.74, 6) is -0.407. The summed E-state index contributed by atoms with van der Waals surface area (Å²) < 4.78 is 6.35. The number of nitrogens with zero attached hydrogens (tertiary/aromatic N) is 8. The molecule has 4 aromatic rings. The molecular weight excluding hydrogens is 753 g/mol. The topological polar surface area (TPSA) is 194 Å². The highest BCUT2D eigenvalue weighted by Gasteiger charge is 2.45. The smallest absolute Gasteiger partial charge is 0.262 e. The number of ether oxygens (including phenoxy) is 1. The molecule has 4 fully saturated rings. The first kappa shape index (κ1) is 38.1. The molecule has 2 aromatic carbocycles. The van der Waals surface area contributed by atoms with E-state index in [0.29, 0.717) is 34.1 Å². The molecule has 0 bridgehead atoms. The number of carbonyl (C=O) groups is 5. The first-order chi connectivity index (χ1) is 28.7. The normalized spacial score (nSPS) is 23.6. The second-order valence-electron chi connectivity index (χ2n) is 16.0. The van der Waals surface area contributed by atoms with Crippen LogP contribution in [-0.2, 0) is 9.59 Å². The molecule has 5 amide bonds. The van der Waals surface area contributed by atoms with Gasteiger partial charge in [-0.3, -0.25) is 44.1 Å². The Morgan fingerprint density at radius 1 is 0.864 bits per heavy atom. The van der Waals surface area contributed by atoms with Gasteiger partial charge in [-0.15, -0.1) is 0 Å². The fraction of sp³-hybridized carbons (Fsp3) is 0.419. The van der Waals surface area contributed by atoms with E-state index in [1.54, 1.807) is 36.8 Å². The van der Waals surface area contributed by atoms with Crippen molar-refractivity contribution in [3.8, 4) is 11.8 Å². The maximum Gasteiger partial charge on any atom is 0.262 e. The van der Waals surface area contributed by atoms with Gasteiger partial charge in [-0.1, -0.05) is 0 Å². The fourth-order valence-corrected chi connectivity index (χ4v) is 9.09. The molecule has 302 valence electrons. The first-order valence-electron chi connectivity index (χ1n) is 20.4. The fourth-order valence-electron chi connectivity index (χ4n) is 9.09. The lowest BCUT2D eigenvalue weighted by molar-refractivity contribution is -0.136. The molecule has 6 heterocycles. The highest BCUT2D eigenvalue weighted by atomic mass is 16.5. The summed E-state index contributed by atoms with van der Waals surface area (Å²) in [7, 11) is 0. The Kier molecular flexibility index (Phi) is 10.4. The van der Waals surface area contributed by atoms with Gasteiger partial charge in [-0.25, -0.2) is 9.97 Å². The summed E-state index contributed by atoms with van der Waals surface area (Å²) in [5, 5.41) is 15.7. The molecule has 1 saturated carbocycles. The van der Waals surface area contributed by atoms with Crippen LogP contribution in [0.15, 0.2) is 61.1 Å². The number of carbonyl (C=O) groups excluding carboxylic acids is 5. The number of piperazine rings is 1. The monoisotopic (exact) mass is 796 g/mol. The van der Waals surface area contributed by atoms with Crippen molar-refractivity contribution >= 4 is 52.1 Å². The van der Waals surface area contributed by atoms with Gasteiger partial charge in [-0.2, -0.15) is 5.26 Å². The number of benzene rings is 2. The van der Waals surface area contributed by atoms with E-state index in [2.05, 4.69) is 46.4 Å². The van der Waals surface area contributed by atoms with Crippen molar-refractivity contribution in [3.05, 3.63) is 83.3 Å². The summed E-state index contributed by atoms with van der Waals surface area (Å²) >= 11 is 0. The van der Waals surface area contributed by atoms with Gasteiger partial charge in [0.15, 0.2) is 0 Å². The molecule has 0 radical (unpaired) electrons. The Labute approximate surface area is 340 Å². The van der Waals surface area contributed by atoms with E-state index < -0.39 is 29.7 Å². The van der Waals surface area contributed by atoms with Gasteiger partial charge in [0.05, 0.1) is 33.9 Å². The number of rotatable bonds is 9. The molecule has 2 aromatic heterocycles. The molecule has 59 heavy (non-hydrogen) atoms. The Morgan fingerprint density at radius 3 is 2.41 bits per heavy atom. The Hall–Kier alpha value is -6.47.